The van der Waals surface area contributed by atoms with E-state index in [0.717, 1.165) is 5.82 Å². The molecule has 0 aliphatic rings. The second kappa shape index (κ2) is 3.20. The van der Waals surface area contributed by atoms with Crippen LogP contribution < -0.4 is 4.84 Å². The van der Waals surface area contributed by atoms with Crippen molar-refractivity contribution in [1.29, 1.82) is 0 Å². The van der Waals surface area contributed by atoms with Crippen LogP contribution in [0.2, 0.25) is 0 Å². The van der Waals surface area contributed by atoms with Crippen molar-refractivity contribution in [1.82, 2.24) is 9.71 Å². The molecule has 0 aliphatic heterocycles. The first kappa shape index (κ1) is 9.77. The van der Waals surface area contributed by atoms with E-state index in [1.54, 1.807) is 12.4 Å². The maximum atomic E-state index is 10.7. The third-order valence-electron chi connectivity index (χ3n) is 1.51. The molecule has 1 aromatic rings. The summed E-state index contributed by atoms with van der Waals surface area (Å²) in [5.41, 5.74) is -0.126. The summed E-state index contributed by atoms with van der Waals surface area (Å²) in [6, 6.07) is 0. The number of rotatable bonds is 1. The predicted octanol–water partition coefficient (Wildman–Crippen LogP) is 1.16. The lowest BCUT2D eigenvalue weighted by atomic mass is 9.96. The maximum Gasteiger partial charge on any atom is 0.329 e. The van der Waals surface area contributed by atoms with Gasteiger partial charge in [-0.25, -0.2) is 9.78 Å². The molecule has 0 unspecified atom stereocenters. The van der Waals surface area contributed by atoms with Crippen LogP contribution in [0.15, 0.2) is 12.4 Å². The van der Waals surface area contributed by atoms with Gasteiger partial charge >= 0.3 is 5.97 Å². The SMILES string of the molecule is CC(=O)On1ccnc1C(C)(C)C. The number of carbonyl (C=O) groups is 1. The average Bonchev–Trinajstić information content (AvgIpc) is 2.31. The zero-order chi connectivity index (χ0) is 10.1. The quantitative estimate of drug-likeness (QED) is 0.654. The Labute approximate surface area is 77.5 Å². The monoisotopic (exact) mass is 182 g/mol. The van der Waals surface area contributed by atoms with Crippen LogP contribution in [0.5, 0.6) is 0 Å². The van der Waals surface area contributed by atoms with Gasteiger partial charge in [0.15, 0.2) is 5.82 Å². The van der Waals surface area contributed by atoms with Gasteiger partial charge in [-0.05, 0) is 0 Å². The van der Waals surface area contributed by atoms with E-state index in [1.807, 2.05) is 20.8 Å². The number of aromatic nitrogens is 2. The van der Waals surface area contributed by atoms with Crippen molar-refractivity contribution < 1.29 is 9.63 Å². The van der Waals surface area contributed by atoms with Gasteiger partial charge in [-0.1, -0.05) is 20.8 Å². The molecule has 0 N–H and O–H groups in total. The molecule has 4 nitrogen and oxygen atoms in total. The Bertz CT molecular complexity index is 310. The van der Waals surface area contributed by atoms with Gasteiger partial charge < -0.3 is 4.84 Å². The molecule has 1 rings (SSSR count). The summed E-state index contributed by atoms with van der Waals surface area (Å²) in [4.78, 5) is 19.8. The van der Waals surface area contributed by atoms with E-state index in [9.17, 15) is 4.79 Å². The van der Waals surface area contributed by atoms with E-state index < -0.39 is 0 Å². The number of hydrogen-bond donors (Lipinski definition) is 0. The van der Waals surface area contributed by atoms with Gasteiger partial charge in [0.25, 0.3) is 0 Å². The van der Waals surface area contributed by atoms with Crippen molar-refractivity contribution >= 4 is 5.97 Å². The molecule has 0 saturated carbocycles. The number of imidazole rings is 1. The first-order valence-corrected chi connectivity index (χ1v) is 4.14. The van der Waals surface area contributed by atoms with Crippen LogP contribution in [0.3, 0.4) is 0 Å². The normalized spacial score (nSPS) is 11.4. The van der Waals surface area contributed by atoms with E-state index in [-0.39, 0.29) is 11.4 Å². The summed E-state index contributed by atoms with van der Waals surface area (Å²) in [5, 5.41) is 0. The summed E-state index contributed by atoms with van der Waals surface area (Å²) in [5.74, 6) is 0.395. The number of hydrogen-bond acceptors (Lipinski definition) is 3. The van der Waals surface area contributed by atoms with E-state index in [0.29, 0.717) is 0 Å². The lowest BCUT2D eigenvalue weighted by Crippen LogP contribution is -2.25. The lowest BCUT2D eigenvalue weighted by molar-refractivity contribution is -0.142. The van der Waals surface area contributed by atoms with Crippen molar-refractivity contribution in [2.75, 3.05) is 0 Å². The van der Waals surface area contributed by atoms with E-state index in [1.165, 1.54) is 11.7 Å². The van der Waals surface area contributed by atoms with Crippen LogP contribution in [0.25, 0.3) is 0 Å². The minimum Gasteiger partial charge on any atom is -0.336 e. The fraction of sp³-hybridized carbons (Fsp3) is 0.556. The molecule has 0 aromatic carbocycles. The molecule has 0 fully saturated rings. The molecule has 0 bridgehead atoms. The molecule has 0 radical (unpaired) electrons. The molecule has 1 heterocycles. The standard InChI is InChI=1S/C9H14N2O2/c1-7(12)13-11-6-5-10-8(11)9(2,3)4/h5-6H,1-4H3. The Morgan fingerprint density at radius 1 is 1.54 bits per heavy atom. The van der Waals surface area contributed by atoms with Crippen molar-refractivity contribution in [3.05, 3.63) is 18.2 Å². The highest BCUT2D eigenvalue weighted by molar-refractivity contribution is 5.66. The highest BCUT2D eigenvalue weighted by atomic mass is 16.7. The summed E-state index contributed by atoms with van der Waals surface area (Å²) >= 11 is 0. The number of nitrogens with zero attached hydrogens (tertiary/aromatic N) is 2. The van der Waals surface area contributed by atoms with E-state index >= 15 is 0 Å². The molecule has 0 aliphatic carbocycles. The van der Waals surface area contributed by atoms with Crippen LogP contribution in [0.4, 0.5) is 0 Å². The topological polar surface area (TPSA) is 44.1 Å². The Balaban J connectivity index is 2.96. The van der Waals surface area contributed by atoms with Crippen LogP contribution in [0.1, 0.15) is 33.5 Å². The van der Waals surface area contributed by atoms with Gasteiger partial charge in [0.2, 0.25) is 0 Å². The Morgan fingerprint density at radius 3 is 2.62 bits per heavy atom. The first-order chi connectivity index (χ1) is 5.91. The molecule has 13 heavy (non-hydrogen) atoms. The third kappa shape index (κ3) is 2.31. The molecule has 0 atom stereocenters. The largest absolute Gasteiger partial charge is 0.336 e. The summed E-state index contributed by atoms with van der Waals surface area (Å²) in [6.07, 6.45) is 3.24. The van der Waals surface area contributed by atoms with Crippen LogP contribution in [0, 0.1) is 0 Å². The minimum absolute atomic E-state index is 0.126. The van der Waals surface area contributed by atoms with Crippen molar-refractivity contribution in [2.24, 2.45) is 0 Å². The molecule has 4 heteroatoms. The molecular formula is C9H14N2O2. The first-order valence-electron chi connectivity index (χ1n) is 4.14. The molecule has 0 amide bonds. The molecule has 72 valence electrons. The summed E-state index contributed by atoms with van der Waals surface area (Å²) in [7, 11) is 0. The average molecular weight is 182 g/mol. The fourth-order valence-electron chi connectivity index (χ4n) is 1.03. The van der Waals surface area contributed by atoms with Crippen LogP contribution in [-0.4, -0.2) is 15.7 Å². The highest BCUT2D eigenvalue weighted by Gasteiger charge is 2.21. The zero-order valence-corrected chi connectivity index (χ0v) is 8.37. The number of carbonyl (C=O) groups excluding carboxylic acids is 1. The maximum absolute atomic E-state index is 10.7. The van der Waals surface area contributed by atoms with Gasteiger partial charge in [0.1, 0.15) is 0 Å². The third-order valence-corrected chi connectivity index (χ3v) is 1.51. The van der Waals surface area contributed by atoms with Gasteiger partial charge in [-0.3, -0.25) is 0 Å². The Morgan fingerprint density at radius 2 is 2.15 bits per heavy atom. The summed E-state index contributed by atoms with van der Waals surface area (Å²) in [6.45, 7) is 7.40. The predicted molar refractivity (Wildman–Crippen MR) is 48.2 cm³/mol. The lowest BCUT2D eigenvalue weighted by Gasteiger charge is -2.18. The second-order valence-corrected chi connectivity index (χ2v) is 3.91. The fourth-order valence-corrected chi connectivity index (χ4v) is 1.03. The molecule has 0 spiro atoms. The zero-order valence-electron chi connectivity index (χ0n) is 8.37. The van der Waals surface area contributed by atoms with Gasteiger partial charge in [-0.15, -0.1) is 0 Å². The van der Waals surface area contributed by atoms with Crippen LogP contribution >= 0.6 is 0 Å². The van der Waals surface area contributed by atoms with E-state index in [4.69, 9.17) is 4.84 Å². The molecule has 1 aromatic heterocycles. The van der Waals surface area contributed by atoms with Gasteiger partial charge in [-0.2, -0.15) is 4.73 Å². The molecule has 0 saturated heterocycles. The Hall–Kier alpha value is -1.32. The van der Waals surface area contributed by atoms with E-state index in [2.05, 4.69) is 4.98 Å². The van der Waals surface area contributed by atoms with Crippen molar-refractivity contribution in [3.63, 3.8) is 0 Å². The van der Waals surface area contributed by atoms with Gasteiger partial charge in [0.05, 0.1) is 6.20 Å². The van der Waals surface area contributed by atoms with Crippen molar-refractivity contribution in [3.8, 4) is 0 Å². The highest BCUT2D eigenvalue weighted by Crippen LogP contribution is 2.18. The molecular weight excluding hydrogens is 168 g/mol. The second-order valence-electron chi connectivity index (χ2n) is 3.91. The Kier molecular flexibility index (Phi) is 2.40. The smallest absolute Gasteiger partial charge is 0.329 e. The van der Waals surface area contributed by atoms with Crippen LogP contribution in [-0.2, 0) is 10.2 Å². The summed E-state index contributed by atoms with van der Waals surface area (Å²) < 4.78 is 1.41. The van der Waals surface area contributed by atoms with Crippen molar-refractivity contribution in [2.45, 2.75) is 33.1 Å². The minimum atomic E-state index is -0.344. The van der Waals surface area contributed by atoms with Gasteiger partial charge in [0, 0.05) is 18.5 Å².